The van der Waals surface area contributed by atoms with Crippen LogP contribution in [-0.2, 0) is 6.42 Å². The smallest absolute Gasteiger partial charge is 0.132 e. The predicted octanol–water partition coefficient (Wildman–Crippen LogP) is 4.30. The Labute approximate surface area is 130 Å². The monoisotopic (exact) mass is 290 g/mol. The summed E-state index contributed by atoms with van der Waals surface area (Å²) in [5.41, 5.74) is 5.35. The molecule has 0 fully saturated rings. The summed E-state index contributed by atoms with van der Waals surface area (Å²) >= 11 is 0. The lowest BCUT2D eigenvalue weighted by Crippen LogP contribution is -1.94. The van der Waals surface area contributed by atoms with Gasteiger partial charge in [0.1, 0.15) is 5.75 Å². The Balaban J connectivity index is 2.15. The van der Waals surface area contributed by atoms with Crippen LogP contribution >= 0.6 is 0 Å². The van der Waals surface area contributed by atoms with Crippen molar-refractivity contribution in [3.63, 3.8) is 0 Å². The van der Waals surface area contributed by atoms with Gasteiger partial charge in [0.25, 0.3) is 0 Å². The molecule has 0 N–H and O–H groups in total. The number of hydrogen-bond acceptors (Lipinski definition) is 3. The maximum atomic E-state index is 5.83. The van der Waals surface area contributed by atoms with Gasteiger partial charge in [-0.2, -0.15) is 0 Å². The van der Waals surface area contributed by atoms with E-state index in [1.165, 1.54) is 5.56 Å². The fourth-order valence-corrected chi connectivity index (χ4v) is 2.73. The number of pyridine rings is 1. The lowest BCUT2D eigenvalue weighted by atomic mass is 9.97. The number of benzene rings is 1. The highest BCUT2D eigenvalue weighted by Crippen LogP contribution is 2.38. The van der Waals surface area contributed by atoms with Crippen LogP contribution in [0.5, 0.6) is 5.75 Å². The van der Waals surface area contributed by atoms with Crippen molar-refractivity contribution in [3.8, 4) is 17.0 Å². The third-order valence-corrected chi connectivity index (χ3v) is 3.76. The molecule has 3 rings (SSSR count). The van der Waals surface area contributed by atoms with E-state index in [1.807, 2.05) is 31.3 Å². The lowest BCUT2D eigenvalue weighted by molar-refractivity contribution is 0.358. The van der Waals surface area contributed by atoms with Crippen molar-refractivity contribution in [2.45, 2.75) is 13.3 Å². The highest BCUT2D eigenvalue weighted by Gasteiger charge is 2.19. The molecule has 0 unspecified atom stereocenters. The van der Waals surface area contributed by atoms with Crippen LogP contribution < -0.4 is 4.74 Å². The number of hydrogen-bond donors (Lipinski definition) is 0. The molecule has 2 aromatic rings. The molecule has 0 aliphatic carbocycles. The van der Waals surface area contributed by atoms with Gasteiger partial charge in [0.05, 0.1) is 12.3 Å². The first kappa shape index (κ1) is 14.3. The van der Waals surface area contributed by atoms with Crippen LogP contribution in [0.3, 0.4) is 0 Å². The highest BCUT2D eigenvalue weighted by molar-refractivity contribution is 5.85. The molecule has 1 aliphatic rings. The Hall–Kier alpha value is -2.68. The second-order valence-corrected chi connectivity index (χ2v) is 5.03. The predicted molar refractivity (Wildman–Crippen MR) is 91.2 cm³/mol. The molecule has 22 heavy (non-hydrogen) atoms. The van der Waals surface area contributed by atoms with E-state index < -0.39 is 0 Å². The Morgan fingerprint density at radius 1 is 1.32 bits per heavy atom. The van der Waals surface area contributed by atoms with Gasteiger partial charge in [-0.1, -0.05) is 24.3 Å². The molecule has 110 valence electrons. The van der Waals surface area contributed by atoms with E-state index in [4.69, 9.17) is 4.74 Å². The molecule has 0 amide bonds. The standard InChI is InChI=1S/C19H18N2O/c1-3-14(9-12-20-2)16-8-5-11-21-18(16)17-7-4-6-15-10-13-22-19(15)17/h3-9,11-12H,2,10,13H2,1H3/b12-9-,14-3+. The SMILES string of the molecule is C=N/C=C\C(=C/C)c1cccnc1-c1cccc2c1OCC2. The number of nitrogens with zero attached hydrogens (tertiary/aromatic N) is 2. The fraction of sp³-hybridized carbons (Fsp3) is 0.158. The largest absolute Gasteiger partial charge is 0.492 e. The third kappa shape index (κ3) is 2.58. The van der Waals surface area contributed by atoms with Gasteiger partial charge in [0.2, 0.25) is 0 Å². The molecular formula is C19H18N2O. The Morgan fingerprint density at radius 2 is 2.23 bits per heavy atom. The fourth-order valence-electron chi connectivity index (χ4n) is 2.73. The summed E-state index contributed by atoms with van der Waals surface area (Å²) in [7, 11) is 0. The number of aliphatic imine (C=N–C) groups is 1. The van der Waals surface area contributed by atoms with Crippen LogP contribution in [-0.4, -0.2) is 18.3 Å². The zero-order valence-electron chi connectivity index (χ0n) is 12.6. The summed E-state index contributed by atoms with van der Waals surface area (Å²) in [4.78, 5) is 8.40. The summed E-state index contributed by atoms with van der Waals surface area (Å²) < 4.78 is 5.83. The number of para-hydroxylation sites is 1. The van der Waals surface area contributed by atoms with Gasteiger partial charge < -0.3 is 4.74 Å². The van der Waals surface area contributed by atoms with E-state index in [0.717, 1.165) is 41.2 Å². The Bertz CT molecular complexity index is 760. The van der Waals surface area contributed by atoms with Crippen LogP contribution in [0.4, 0.5) is 0 Å². The molecule has 1 aliphatic heterocycles. The Kier molecular flexibility index (Phi) is 4.15. The van der Waals surface area contributed by atoms with Crippen LogP contribution in [0, 0.1) is 0 Å². The molecule has 0 atom stereocenters. The third-order valence-electron chi connectivity index (χ3n) is 3.76. The van der Waals surface area contributed by atoms with E-state index in [-0.39, 0.29) is 0 Å². The maximum absolute atomic E-state index is 5.83. The summed E-state index contributed by atoms with van der Waals surface area (Å²) in [6.45, 7) is 6.24. The van der Waals surface area contributed by atoms with Gasteiger partial charge in [-0.25, -0.2) is 0 Å². The van der Waals surface area contributed by atoms with Crippen LogP contribution in [0.15, 0.2) is 59.9 Å². The topological polar surface area (TPSA) is 34.5 Å². The first-order valence-electron chi connectivity index (χ1n) is 7.34. The van der Waals surface area contributed by atoms with Crippen molar-refractivity contribution in [2.24, 2.45) is 4.99 Å². The first-order chi connectivity index (χ1) is 10.8. The Morgan fingerprint density at radius 3 is 3.05 bits per heavy atom. The molecule has 0 spiro atoms. The lowest BCUT2D eigenvalue weighted by Gasteiger charge is -2.12. The van der Waals surface area contributed by atoms with E-state index in [0.29, 0.717) is 0 Å². The molecule has 0 saturated heterocycles. The second-order valence-electron chi connectivity index (χ2n) is 5.03. The maximum Gasteiger partial charge on any atom is 0.132 e. The van der Waals surface area contributed by atoms with Crippen molar-refractivity contribution in [1.29, 1.82) is 0 Å². The summed E-state index contributed by atoms with van der Waals surface area (Å²) in [5.74, 6) is 0.962. The quantitative estimate of drug-likeness (QED) is 0.621. The second kappa shape index (κ2) is 6.39. The van der Waals surface area contributed by atoms with Gasteiger partial charge in [0.15, 0.2) is 0 Å². The minimum absolute atomic E-state index is 0.741. The van der Waals surface area contributed by atoms with Gasteiger partial charge in [0, 0.05) is 29.9 Å². The van der Waals surface area contributed by atoms with Crippen molar-refractivity contribution in [3.05, 3.63) is 66.0 Å². The van der Waals surface area contributed by atoms with E-state index in [9.17, 15) is 0 Å². The van der Waals surface area contributed by atoms with Gasteiger partial charge in [-0.05, 0) is 43.0 Å². The van der Waals surface area contributed by atoms with Crippen LogP contribution in [0.1, 0.15) is 18.1 Å². The molecule has 1 aromatic carbocycles. The van der Waals surface area contributed by atoms with Crippen molar-refractivity contribution >= 4 is 12.3 Å². The number of allylic oxidation sites excluding steroid dienone is 3. The van der Waals surface area contributed by atoms with Crippen molar-refractivity contribution in [2.75, 3.05) is 6.61 Å². The summed E-state index contributed by atoms with van der Waals surface area (Å²) in [6, 6.07) is 10.3. The van der Waals surface area contributed by atoms with E-state index in [1.54, 1.807) is 6.20 Å². The zero-order valence-corrected chi connectivity index (χ0v) is 12.6. The van der Waals surface area contributed by atoms with Gasteiger partial charge in [-0.15, -0.1) is 0 Å². The molecule has 0 radical (unpaired) electrons. The summed E-state index contributed by atoms with van der Waals surface area (Å²) in [5, 5.41) is 0. The number of aromatic nitrogens is 1. The van der Waals surface area contributed by atoms with Crippen LogP contribution in [0.2, 0.25) is 0 Å². The van der Waals surface area contributed by atoms with Crippen molar-refractivity contribution < 1.29 is 4.74 Å². The number of ether oxygens (including phenoxy) is 1. The highest BCUT2D eigenvalue weighted by atomic mass is 16.5. The minimum atomic E-state index is 0.741. The molecular weight excluding hydrogens is 272 g/mol. The normalized spacial score (nSPS) is 14.0. The van der Waals surface area contributed by atoms with Gasteiger partial charge >= 0.3 is 0 Å². The molecule has 1 aromatic heterocycles. The van der Waals surface area contributed by atoms with E-state index in [2.05, 4.69) is 41.0 Å². The van der Waals surface area contributed by atoms with Crippen LogP contribution in [0.25, 0.3) is 16.8 Å². The first-order valence-corrected chi connectivity index (χ1v) is 7.34. The van der Waals surface area contributed by atoms with Crippen molar-refractivity contribution in [1.82, 2.24) is 4.98 Å². The molecule has 0 bridgehead atoms. The molecule has 3 nitrogen and oxygen atoms in total. The number of fused-ring (bicyclic) bond motifs is 1. The molecule has 2 heterocycles. The average Bonchev–Trinajstić information content (AvgIpc) is 3.04. The van der Waals surface area contributed by atoms with Gasteiger partial charge in [-0.3, -0.25) is 9.98 Å². The molecule has 3 heteroatoms. The van der Waals surface area contributed by atoms with E-state index >= 15 is 0 Å². The molecule has 0 saturated carbocycles. The minimum Gasteiger partial charge on any atom is -0.492 e. The zero-order chi connectivity index (χ0) is 15.4. The number of rotatable bonds is 4. The average molecular weight is 290 g/mol. The summed E-state index contributed by atoms with van der Waals surface area (Å²) in [6.07, 6.45) is 8.46.